The predicted octanol–water partition coefficient (Wildman–Crippen LogP) is 6.98. The molecule has 0 aromatic rings. The fourth-order valence-corrected chi connectivity index (χ4v) is 2.66. The second-order valence-corrected chi connectivity index (χ2v) is 6.70. The molecule has 0 aliphatic carbocycles. The van der Waals surface area contributed by atoms with E-state index < -0.39 is 0 Å². The molecular weight excluding hydrogens is 284 g/mol. The summed E-state index contributed by atoms with van der Waals surface area (Å²) in [7, 11) is 0. The predicted molar refractivity (Wildman–Crippen MR) is 101 cm³/mol. The number of esters is 1. The van der Waals surface area contributed by atoms with E-state index in [1.807, 2.05) is 6.92 Å². The third-order valence-electron chi connectivity index (χ3n) is 4.31. The van der Waals surface area contributed by atoms with Crippen molar-refractivity contribution < 1.29 is 9.53 Å². The highest BCUT2D eigenvalue weighted by Gasteiger charge is 2.04. The molecule has 136 valence electrons. The molecule has 0 aliphatic rings. The van der Waals surface area contributed by atoms with Gasteiger partial charge in [0.2, 0.25) is 0 Å². The maximum absolute atomic E-state index is 11.8. The van der Waals surface area contributed by atoms with E-state index >= 15 is 0 Å². The summed E-state index contributed by atoms with van der Waals surface area (Å²) in [5.41, 5.74) is 0.779. The highest BCUT2D eigenvalue weighted by Crippen LogP contribution is 2.11. The zero-order chi connectivity index (χ0) is 17.2. The van der Waals surface area contributed by atoms with Crippen molar-refractivity contribution in [3.63, 3.8) is 0 Å². The SMILES string of the molecule is CCCCCCCCCCC=C(C)C(=O)OCCCCCCC. The summed E-state index contributed by atoms with van der Waals surface area (Å²) in [6.45, 7) is 6.92. The van der Waals surface area contributed by atoms with Gasteiger partial charge in [0.1, 0.15) is 0 Å². The number of hydrogen-bond donors (Lipinski definition) is 0. The Morgan fingerprint density at radius 3 is 1.78 bits per heavy atom. The van der Waals surface area contributed by atoms with Gasteiger partial charge in [0.15, 0.2) is 0 Å². The maximum Gasteiger partial charge on any atom is 0.333 e. The van der Waals surface area contributed by atoms with Crippen molar-refractivity contribution in [1.29, 1.82) is 0 Å². The van der Waals surface area contributed by atoms with Gasteiger partial charge in [-0.05, 0) is 26.2 Å². The van der Waals surface area contributed by atoms with Crippen LogP contribution in [0.15, 0.2) is 11.6 Å². The fraction of sp³-hybridized carbons (Fsp3) is 0.857. The van der Waals surface area contributed by atoms with Gasteiger partial charge >= 0.3 is 5.97 Å². The Kier molecular flexibility index (Phi) is 17.0. The number of unbranched alkanes of at least 4 members (excludes halogenated alkanes) is 12. The van der Waals surface area contributed by atoms with Crippen LogP contribution in [0.5, 0.6) is 0 Å². The van der Waals surface area contributed by atoms with Gasteiger partial charge in [-0.15, -0.1) is 0 Å². The molecule has 0 saturated heterocycles. The first-order valence-electron chi connectivity index (χ1n) is 10.1. The minimum Gasteiger partial charge on any atom is -0.462 e. The molecular formula is C21H40O2. The van der Waals surface area contributed by atoms with E-state index in [1.54, 1.807) is 0 Å². The van der Waals surface area contributed by atoms with Crippen LogP contribution in [0.3, 0.4) is 0 Å². The quantitative estimate of drug-likeness (QED) is 0.174. The molecule has 0 bridgehead atoms. The van der Waals surface area contributed by atoms with E-state index in [1.165, 1.54) is 77.0 Å². The number of allylic oxidation sites excluding steroid dienone is 1. The van der Waals surface area contributed by atoms with Gasteiger partial charge in [0, 0.05) is 5.57 Å². The third kappa shape index (κ3) is 15.9. The second kappa shape index (κ2) is 17.6. The van der Waals surface area contributed by atoms with Crippen LogP contribution in [-0.4, -0.2) is 12.6 Å². The number of rotatable bonds is 16. The monoisotopic (exact) mass is 324 g/mol. The number of hydrogen-bond acceptors (Lipinski definition) is 2. The Morgan fingerprint density at radius 2 is 1.22 bits per heavy atom. The summed E-state index contributed by atoms with van der Waals surface area (Å²) < 4.78 is 5.31. The van der Waals surface area contributed by atoms with Gasteiger partial charge in [-0.2, -0.15) is 0 Å². The van der Waals surface area contributed by atoms with E-state index in [2.05, 4.69) is 19.9 Å². The lowest BCUT2D eigenvalue weighted by Gasteiger charge is -2.05. The Bertz CT molecular complexity index is 294. The molecule has 0 spiro atoms. The maximum atomic E-state index is 11.8. The van der Waals surface area contributed by atoms with Crippen LogP contribution in [0.25, 0.3) is 0 Å². The molecule has 0 aliphatic heterocycles. The van der Waals surface area contributed by atoms with Crippen LogP contribution in [0.4, 0.5) is 0 Å². The highest BCUT2D eigenvalue weighted by atomic mass is 16.5. The summed E-state index contributed by atoms with van der Waals surface area (Å²) in [6.07, 6.45) is 19.6. The molecule has 23 heavy (non-hydrogen) atoms. The zero-order valence-electron chi connectivity index (χ0n) is 16.0. The lowest BCUT2D eigenvalue weighted by atomic mass is 10.1. The van der Waals surface area contributed by atoms with Crippen LogP contribution in [0.1, 0.15) is 111 Å². The Labute approximate surface area is 145 Å². The zero-order valence-corrected chi connectivity index (χ0v) is 16.0. The molecule has 0 amide bonds. The molecule has 0 rings (SSSR count). The Hall–Kier alpha value is -0.790. The van der Waals surface area contributed by atoms with E-state index in [9.17, 15) is 4.79 Å². The average molecular weight is 325 g/mol. The first-order valence-corrected chi connectivity index (χ1v) is 10.1. The van der Waals surface area contributed by atoms with Crippen LogP contribution in [0.2, 0.25) is 0 Å². The molecule has 0 atom stereocenters. The van der Waals surface area contributed by atoms with Crippen molar-refractivity contribution >= 4 is 5.97 Å². The van der Waals surface area contributed by atoms with E-state index in [-0.39, 0.29) is 5.97 Å². The lowest BCUT2D eigenvalue weighted by molar-refractivity contribution is -0.139. The second-order valence-electron chi connectivity index (χ2n) is 6.70. The van der Waals surface area contributed by atoms with Crippen LogP contribution in [-0.2, 0) is 9.53 Å². The molecule has 0 fully saturated rings. The number of carbonyl (C=O) groups excluding carboxylic acids is 1. The Morgan fingerprint density at radius 1 is 0.739 bits per heavy atom. The summed E-state index contributed by atoms with van der Waals surface area (Å²) in [6, 6.07) is 0. The smallest absolute Gasteiger partial charge is 0.333 e. The summed E-state index contributed by atoms with van der Waals surface area (Å²) >= 11 is 0. The van der Waals surface area contributed by atoms with Gasteiger partial charge in [-0.1, -0.05) is 90.6 Å². The normalized spacial score (nSPS) is 11.7. The van der Waals surface area contributed by atoms with Crippen LogP contribution < -0.4 is 0 Å². The van der Waals surface area contributed by atoms with Gasteiger partial charge in [-0.25, -0.2) is 4.79 Å². The summed E-state index contributed by atoms with van der Waals surface area (Å²) in [5, 5.41) is 0. The number of carbonyl (C=O) groups is 1. The topological polar surface area (TPSA) is 26.3 Å². The third-order valence-corrected chi connectivity index (χ3v) is 4.31. The number of ether oxygens (including phenoxy) is 1. The van der Waals surface area contributed by atoms with E-state index in [0.29, 0.717) is 6.61 Å². The highest BCUT2D eigenvalue weighted by molar-refractivity contribution is 5.87. The molecule has 2 heteroatoms. The van der Waals surface area contributed by atoms with Crippen molar-refractivity contribution in [1.82, 2.24) is 0 Å². The average Bonchev–Trinajstić information content (AvgIpc) is 2.56. The van der Waals surface area contributed by atoms with E-state index in [0.717, 1.165) is 18.4 Å². The first-order chi connectivity index (χ1) is 11.2. The lowest BCUT2D eigenvalue weighted by Crippen LogP contribution is -2.07. The molecule has 0 unspecified atom stereocenters. The van der Waals surface area contributed by atoms with Gasteiger partial charge in [0.05, 0.1) is 6.61 Å². The minimum atomic E-state index is -0.125. The van der Waals surface area contributed by atoms with Gasteiger partial charge < -0.3 is 4.74 Å². The first kappa shape index (κ1) is 22.2. The van der Waals surface area contributed by atoms with Crippen molar-refractivity contribution in [2.24, 2.45) is 0 Å². The van der Waals surface area contributed by atoms with Crippen molar-refractivity contribution in [2.45, 2.75) is 111 Å². The largest absolute Gasteiger partial charge is 0.462 e. The molecule has 0 radical (unpaired) electrons. The van der Waals surface area contributed by atoms with Crippen molar-refractivity contribution in [2.75, 3.05) is 6.61 Å². The van der Waals surface area contributed by atoms with Gasteiger partial charge in [0.25, 0.3) is 0 Å². The molecule has 0 saturated carbocycles. The van der Waals surface area contributed by atoms with Crippen LogP contribution in [0, 0.1) is 0 Å². The molecule has 0 heterocycles. The standard InChI is InChI=1S/C21H40O2/c1-4-6-8-10-11-12-13-14-16-18-20(3)21(22)23-19-17-15-9-7-5-2/h18H,4-17,19H2,1-3H3. The van der Waals surface area contributed by atoms with Crippen molar-refractivity contribution in [3.8, 4) is 0 Å². The summed E-state index contributed by atoms with van der Waals surface area (Å²) in [4.78, 5) is 11.8. The molecule has 0 aromatic carbocycles. The Balaban J connectivity index is 3.48. The van der Waals surface area contributed by atoms with E-state index in [4.69, 9.17) is 4.74 Å². The van der Waals surface area contributed by atoms with Crippen LogP contribution >= 0.6 is 0 Å². The van der Waals surface area contributed by atoms with Gasteiger partial charge in [-0.3, -0.25) is 0 Å². The minimum absolute atomic E-state index is 0.125. The van der Waals surface area contributed by atoms with Crippen molar-refractivity contribution in [3.05, 3.63) is 11.6 Å². The molecule has 0 N–H and O–H groups in total. The fourth-order valence-electron chi connectivity index (χ4n) is 2.66. The summed E-state index contributed by atoms with van der Waals surface area (Å²) in [5.74, 6) is -0.125. The molecule has 0 aromatic heterocycles. The molecule has 2 nitrogen and oxygen atoms in total.